The molecule has 3 rings (SSSR count). The molecule has 2 N–H and O–H groups in total. The third kappa shape index (κ3) is 1.38. The van der Waals surface area contributed by atoms with Crippen LogP contribution in [0.1, 0.15) is 13.3 Å². The van der Waals surface area contributed by atoms with Gasteiger partial charge in [0, 0.05) is 13.1 Å². The van der Waals surface area contributed by atoms with Crippen LogP contribution in [0, 0.1) is 0 Å². The molecule has 0 spiro atoms. The van der Waals surface area contributed by atoms with Crippen molar-refractivity contribution in [2.75, 3.05) is 18.0 Å². The molecule has 0 bridgehead atoms. The number of fused-ring (bicyclic) bond motifs is 1. The van der Waals surface area contributed by atoms with Gasteiger partial charge < -0.3 is 15.1 Å². The van der Waals surface area contributed by atoms with Crippen molar-refractivity contribution in [3.05, 3.63) is 24.3 Å². The van der Waals surface area contributed by atoms with E-state index in [9.17, 15) is 0 Å². The van der Waals surface area contributed by atoms with Gasteiger partial charge in [0.2, 0.25) is 0 Å². The lowest BCUT2D eigenvalue weighted by Crippen LogP contribution is -2.67. The first-order chi connectivity index (χ1) is 7.70. The molecule has 0 aliphatic carbocycles. The Labute approximate surface area is 94.0 Å². The predicted molar refractivity (Wildman–Crippen MR) is 63.4 cm³/mol. The van der Waals surface area contributed by atoms with E-state index in [-0.39, 0.29) is 5.54 Å². The molecule has 1 aromatic carbocycles. The highest BCUT2D eigenvalue weighted by atomic mass is 16.4. The maximum Gasteiger partial charge on any atom is 0.298 e. The van der Waals surface area contributed by atoms with E-state index in [4.69, 9.17) is 10.2 Å². The number of anilines is 1. The van der Waals surface area contributed by atoms with Gasteiger partial charge in [-0.05, 0) is 18.6 Å². The highest BCUT2D eigenvalue weighted by Crippen LogP contribution is 2.29. The standard InChI is InChI=1S/C12H15N3O/c1-2-12(13)7-15(8-12)11-14-9-5-3-4-6-10(9)16-11/h3-6H,2,7-8,13H2,1H3. The maximum absolute atomic E-state index is 6.11. The monoisotopic (exact) mass is 217 g/mol. The highest BCUT2D eigenvalue weighted by Gasteiger charge is 2.39. The van der Waals surface area contributed by atoms with Gasteiger partial charge in [0.15, 0.2) is 5.58 Å². The number of aromatic nitrogens is 1. The predicted octanol–water partition coefficient (Wildman–Crippen LogP) is 1.76. The van der Waals surface area contributed by atoms with E-state index in [1.807, 2.05) is 24.3 Å². The van der Waals surface area contributed by atoms with E-state index in [1.165, 1.54) is 0 Å². The lowest BCUT2D eigenvalue weighted by Gasteiger charge is -2.46. The van der Waals surface area contributed by atoms with Crippen molar-refractivity contribution in [2.45, 2.75) is 18.9 Å². The molecule has 1 saturated heterocycles. The minimum atomic E-state index is -0.0549. The first kappa shape index (κ1) is 9.66. The second-order valence-electron chi connectivity index (χ2n) is 4.54. The summed E-state index contributed by atoms with van der Waals surface area (Å²) in [6.07, 6.45) is 0.990. The summed E-state index contributed by atoms with van der Waals surface area (Å²) in [5.74, 6) is 0. The number of hydrogen-bond donors (Lipinski definition) is 1. The number of benzene rings is 1. The van der Waals surface area contributed by atoms with Gasteiger partial charge in [0.05, 0.1) is 5.54 Å². The molecule has 4 nitrogen and oxygen atoms in total. The fourth-order valence-electron chi connectivity index (χ4n) is 2.07. The zero-order valence-corrected chi connectivity index (χ0v) is 9.31. The Morgan fingerprint density at radius 1 is 1.44 bits per heavy atom. The van der Waals surface area contributed by atoms with E-state index in [0.717, 1.165) is 30.6 Å². The maximum atomic E-state index is 6.11. The van der Waals surface area contributed by atoms with Crippen LogP contribution in [-0.4, -0.2) is 23.6 Å². The normalized spacial score (nSPS) is 18.8. The Morgan fingerprint density at radius 3 is 2.88 bits per heavy atom. The Kier molecular flexibility index (Phi) is 1.94. The molecule has 0 amide bonds. The molecule has 16 heavy (non-hydrogen) atoms. The molecular weight excluding hydrogens is 202 g/mol. The molecule has 2 heterocycles. The molecule has 84 valence electrons. The molecule has 0 saturated carbocycles. The number of oxazole rings is 1. The quantitative estimate of drug-likeness (QED) is 0.832. The highest BCUT2D eigenvalue weighted by molar-refractivity contribution is 5.74. The lowest BCUT2D eigenvalue weighted by molar-refractivity contribution is 0.305. The van der Waals surface area contributed by atoms with Crippen LogP contribution in [-0.2, 0) is 0 Å². The molecule has 0 radical (unpaired) electrons. The number of nitrogens with zero attached hydrogens (tertiary/aromatic N) is 2. The Morgan fingerprint density at radius 2 is 2.19 bits per heavy atom. The molecule has 1 fully saturated rings. The van der Waals surface area contributed by atoms with Crippen molar-refractivity contribution in [3.63, 3.8) is 0 Å². The number of hydrogen-bond acceptors (Lipinski definition) is 4. The van der Waals surface area contributed by atoms with Gasteiger partial charge >= 0.3 is 0 Å². The molecule has 1 aromatic heterocycles. The summed E-state index contributed by atoms with van der Waals surface area (Å²) < 4.78 is 5.67. The van der Waals surface area contributed by atoms with Crippen LogP contribution in [0.2, 0.25) is 0 Å². The van der Waals surface area contributed by atoms with Crippen LogP contribution >= 0.6 is 0 Å². The van der Waals surface area contributed by atoms with Crippen LogP contribution in [0.3, 0.4) is 0 Å². The summed E-state index contributed by atoms with van der Waals surface area (Å²) in [7, 11) is 0. The van der Waals surface area contributed by atoms with E-state index >= 15 is 0 Å². The molecule has 1 aliphatic heterocycles. The van der Waals surface area contributed by atoms with Gasteiger partial charge in [-0.15, -0.1) is 0 Å². The van der Waals surface area contributed by atoms with Crippen LogP contribution < -0.4 is 10.6 Å². The van der Waals surface area contributed by atoms with Crippen molar-refractivity contribution in [2.24, 2.45) is 5.73 Å². The van der Waals surface area contributed by atoms with Crippen LogP contribution in [0.4, 0.5) is 6.01 Å². The minimum absolute atomic E-state index is 0.0549. The van der Waals surface area contributed by atoms with Gasteiger partial charge in [-0.1, -0.05) is 19.1 Å². The van der Waals surface area contributed by atoms with Gasteiger partial charge in [0.1, 0.15) is 5.52 Å². The van der Waals surface area contributed by atoms with Gasteiger partial charge in [-0.3, -0.25) is 0 Å². The smallest absolute Gasteiger partial charge is 0.298 e. The second-order valence-corrected chi connectivity index (χ2v) is 4.54. The molecular formula is C12H15N3O. The average molecular weight is 217 g/mol. The summed E-state index contributed by atoms with van der Waals surface area (Å²) >= 11 is 0. The van der Waals surface area contributed by atoms with Crippen molar-refractivity contribution >= 4 is 17.1 Å². The van der Waals surface area contributed by atoms with Crippen LogP contribution in [0.5, 0.6) is 0 Å². The Balaban J connectivity index is 1.86. The zero-order chi connectivity index (χ0) is 11.2. The van der Waals surface area contributed by atoms with Crippen molar-refractivity contribution in [3.8, 4) is 0 Å². The third-order valence-corrected chi connectivity index (χ3v) is 3.27. The summed E-state index contributed by atoms with van der Waals surface area (Å²) in [4.78, 5) is 6.53. The first-order valence-corrected chi connectivity index (χ1v) is 5.60. The summed E-state index contributed by atoms with van der Waals surface area (Å²) in [5.41, 5.74) is 7.80. The van der Waals surface area contributed by atoms with E-state index in [1.54, 1.807) is 0 Å². The van der Waals surface area contributed by atoms with Crippen molar-refractivity contribution in [1.29, 1.82) is 0 Å². The molecule has 0 atom stereocenters. The SMILES string of the molecule is CCC1(N)CN(c2nc3ccccc3o2)C1. The zero-order valence-electron chi connectivity index (χ0n) is 9.31. The van der Waals surface area contributed by atoms with Gasteiger partial charge in [-0.25, -0.2) is 0 Å². The van der Waals surface area contributed by atoms with E-state index < -0.39 is 0 Å². The van der Waals surface area contributed by atoms with Crippen LogP contribution in [0.25, 0.3) is 11.1 Å². The first-order valence-electron chi connectivity index (χ1n) is 5.60. The Hall–Kier alpha value is -1.55. The number of rotatable bonds is 2. The average Bonchev–Trinajstić information content (AvgIpc) is 2.67. The second kappa shape index (κ2) is 3.22. The van der Waals surface area contributed by atoms with E-state index in [0.29, 0.717) is 6.01 Å². The molecule has 4 heteroatoms. The molecule has 2 aromatic rings. The number of nitrogens with two attached hydrogens (primary N) is 1. The molecule has 0 unspecified atom stereocenters. The minimum Gasteiger partial charge on any atom is -0.423 e. The van der Waals surface area contributed by atoms with Crippen molar-refractivity contribution < 1.29 is 4.42 Å². The summed E-state index contributed by atoms with van der Waals surface area (Å²) in [5, 5.41) is 0. The fourth-order valence-corrected chi connectivity index (χ4v) is 2.07. The fraction of sp³-hybridized carbons (Fsp3) is 0.417. The molecule has 1 aliphatic rings. The van der Waals surface area contributed by atoms with Gasteiger partial charge in [-0.2, -0.15) is 4.98 Å². The number of para-hydroxylation sites is 2. The Bertz CT molecular complexity index is 481. The lowest BCUT2D eigenvalue weighted by atomic mass is 9.89. The van der Waals surface area contributed by atoms with Crippen LogP contribution in [0.15, 0.2) is 28.7 Å². The van der Waals surface area contributed by atoms with E-state index in [2.05, 4.69) is 16.8 Å². The van der Waals surface area contributed by atoms with Crippen molar-refractivity contribution in [1.82, 2.24) is 4.98 Å². The van der Waals surface area contributed by atoms with Gasteiger partial charge in [0.25, 0.3) is 6.01 Å². The third-order valence-electron chi connectivity index (χ3n) is 3.27. The summed E-state index contributed by atoms with van der Waals surface area (Å²) in [6, 6.07) is 8.49. The topological polar surface area (TPSA) is 55.3 Å². The largest absolute Gasteiger partial charge is 0.423 e. The summed E-state index contributed by atoms with van der Waals surface area (Å²) in [6.45, 7) is 3.77.